The summed E-state index contributed by atoms with van der Waals surface area (Å²) in [6.45, 7) is 8.98. The van der Waals surface area contributed by atoms with Crippen molar-refractivity contribution in [2.45, 2.75) is 40.5 Å². The predicted molar refractivity (Wildman–Crippen MR) is 73.3 cm³/mol. The van der Waals surface area contributed by atoms with Crippen molar-refractivity contribution in [2.75, 3.05) is 0 Å². The fraction of sp³-hybridized carbons (Fsp3) is 0.500. The van der Waals surface area contributed by atoms with Gasteiger partial charge in [0.15, 0.2) is 0 Å². The van der Waals surface area contributed by atoms with Gasteiger partial charge in [-0.05, 0) is 41.9 Å². The zero-order valence-electron chi connectivity index (χ0n) is 11.3. The fourth-order valence-corrected chi connectivity index (χ4v) is 2.32. The molecule has 0 unspecified atom stereocenters. The van der Waals surface area contributed by atoms with Gasteiger partial charge in [0, 0.05) is 5.39 Å². The monoisotopic (exact) mass is 230 g/mol. The Balaban J connectivity index is 2.31. The maximum absolute atomic E-state index is 5.67. The van der Waals surface area contributed by atoms with Gasteiger partial charge in [-0.15, -0.1) is 0 Å². The number of hydrogen-bond acceptors (Lipinski definition) is 1. The molecular weight excluding hydrogens is 208 g/mol. The first-order valence-corrected chi connectivity index (χ1v) is 6.55. The zero-order chi connectivity index (χ0) is 12.4. The molecule has 92 valence electrons. The highest BCUT2D eigenvalue weighted by Crippen LogP contribution is 2.25. The van der Waals surface area contributed by atoms with Gasteiger partial charge in [-0.3, -0.25) is 0 Å². The third kappa shape index (κ3) is 2.91. The van der Waals surface area contributed by atoms with Crippen LogP contribution in [0.4, 0.5) is 0 Å². The van der Waals surface area contributed by atoms with Crippen molar-refractivity contribution < 1.29 is 4.42 Å². The Morgan fingerprint density at radius 1 is 1.00 bits per heavy atom. The van der Waals surface area contributed by atoms with Crippen molar-refractivity contribution in [1.29, 1.82) is 0 Å². The standard InChI is InChI=1S/C16H22O/c1-11(2)7-13-5-6-15-14(8-12(3)4)10-17-16(15)9-13/h5-6,9-12H,7-8H2,1-4H3. The van der Waals surface area contributed by atoms with Gasteiger partial charge in [0.05, 0.1) is 6.26 Å². The second-order valence-electron chi connectivity index (χ2n) is 5.79. The van der Waals surface area contributed by atoms with E-state index in [1.165, 1.54) is 16.5 Å². The lowest BCUT2D eigenvalue weighted by molar-refractivity contribution is 0.592. The smallest absolute Gasteiger partial charge is 0.134 e. The SMILES string of the molecule is CC(C)Cc1ccc2c(CC(C)C)coc2c1. The van der Waals surface area contributed by atoms with Crippen LogP contribution in [0.2, 0.25) is 0 Å². The first kappa shape index (κ1) is 12.2. The molecule has 0 saturated heterocycles. The molecule has 0 N–H and O–H groups in total. The molecule has 0 bridgehead atoms. The van der Waals surface area contributed by atoms with Gasteiger partial charge in [0.1, 0.15) is 5.58 Å². The number of furan rings is 1. The summed E-state index contributed by atoms with van der Waals surface area (Å²) in [6, 6.07) is 6.65. The molecule has 17 heavy (non-hydrogen) atoms. The Morgan fingerprint density at radius 3 is 2.35 bits per heavy atom. The largest absolute Gasteiger partial charge is 0.464 e. The summed E-state index contributed by atoms with van der Waals surface area (Å²) in [6.07, 6.45) is 4.14. The van der Waals surface area contributed by atoms with Gasteiger partial charge >= 0.3 is 0 Å². The number of fused-ring (bicyclic) bond motifs is 1. The van der Waals surface area contributed by atoms with Gasteiger partial charge in [0.25, 0.3) is 0 Å². The van der Waals surface area contributed by atoms with Gasteiger partial charge in [-0.2, -0.15) is 0 Å². The quantitative estimate of drug-likeness (QED) is 0.733. The molecule has 1 nitrogen and oxygen atoms in total. The summed E-state index contributed by atoms with van der Waals surface area (Å²) in [5.74, 6) is 1.36. The molecule has 0 atom stereocenters. The van der Waals surface area contributed by atoms with E-state index in [-0.39, 0.29) is 0 Å². The maximum Gasteiger partial charge on any atom is 0.134 e. The van der Waals surface area contributed by atoms with Gasteiger partial charge in [-0.1, -0.05) is 39.8 Å². The molecular formula is C16H22O. The number of benzene rings is 1. The molecule has 1 aromatic carbocycles. The first-order chi connectivity index (χ1) is 8.06. The Morgan fingerprint density at radius 2 is 1.71 bits per heavy atom. The molecule has 1 heterocycles. The minimum absolute atomic E-state index is 0.672. The molecule has 0 radical (unpaired) electrons. The molecule has 0 saturated carbocycles. The van der Waals surface area contributed by atoms with Crippen LogP contribution in [-0.2, 0) is 12.8 Å². The van der Waals surface area contributed by atoms with Crippen molar-refractivity contribution in [3.05, 3.63) is 35.6 Å². The normalized spacial score (nSPS) is 11.9. The summed E-state index contributed by atoms with van der Waals surface area (Å²) in [5.41, 5.74) is 3.75. The molecule has 0 aliphatic rings. The third-order valence-corrected chi connectivity index (χ3v) is 2.99. The first-order valence-electron chi connectivity index (χ1n) is 6.55. The van der Waals surface area contributed by atoms with Gasteiger partial charge in [-0.25, -0.2) is 0 Å². The molecule has 2 rings (SSSR count). The lowest BCUT2D eigenvalue weighted by Crippen LogP contribution is -1.94. The molecule has 0 aliphatic heterocycles. The summed E-state index contributed by atoms with van der Waals surface area (Å²) in [5, 5.41) is 1.28. The molecule has 0 amide bonds. The number of rotatable bonds is 4. The van der Waals surface area contributed by atoms with Crippen molar-refractivity contribution >= 4 is 11.0 Å². The van der Waals surface area contributed by atoms with Gasteiger partial charge in [0.2, 0.25) is 0 Å². The lowest BCUT2D eigenvalue weighted by Gasteiger charge is -2.05. The minimum atomic E-state index is 0.672. The molecule has 0 fully saturated rings. The summed E-state index contributed by atoms with van der Waals surface area (Å²) < 4.78 is 5.67. The highest BCUT2D eigenvalue weighted by Gasteiger charge is 2.08. The highest BCUT2D eigenvalue weighted by molar-refractivity contribution is 5.81. The van der Waals surface area contributed by atoms with E-state index in [0.29, 0.717) is 11.8 Å². The van der Waals surface area contributed by atoms with Crippen LogP contribution in [0.1, 0.15) is 38.8 Å². The van der Waals surface area contributed by atoms with E-state index in [0.717, 1.165) is 18.4 Å². The van der Waals surface area contributed by atoms with E-state index in [2.05, 4.69) is 45.9 Å². The van der Waals surface area contributed by atoms with E-state index in [9.17, 15) is 0 Å². The van der Waals surface area contributed by atoms with E-state index in [1.54, 1.807) is 0 Å². The van der Waals surface area contributed by atoms with Crippen molar-refractivity contribution in [3.8, 4) is 0 Å². The Labute approximate surface area is 104 Å². The topological polar surface area (TPSA) is 13.1 Å². The molecule has 0 aliphatic carbocycles. The van der Waals surface area contributed by atoms with Crippen LogP contribution in [0, 0.1) is 11.8 Å². The van der Waals surface area contributed by atoms with Crippen molar-refractivity contribution in [2.24, 2.45) is 11.8 Å². The summed E-state index contributed by atoms with van der Waals surface area (Å²) >= 11 is 0. The van der Waals surface area contributed by atoms with Crippen molar-refractivity contribution in [1.82, 2.24) is 0 Å². The minimum Gasteiger partial charge on any atom is -0.464 e. The lowest BCUT2D eigenvalue weighted by atomic mass is 9.99. The van der Waals surface area contributed by atoms with Crippen LogP contribution in [0.25, 0.3) is 11.0 Å². The highest BCUT2D eigenvalue weighted by atomic mass is 16.3. The van der Waals surface area contributed by atoms with E-state index < -0.39 is 0 Å². The van der Waals surface area contributed by atoms with Crippen LogP contribution < -0.4 is 0 Å². The molecule has 1 aromatic heterocycles. The average Bonchev–Trinajstić information content (AvgIpc) is 2.59. The average molecular weight is 230 g/mol. The van der Waals surface area contributed by atoms with E-state index >= 15 is 0 Å². The van der Waals surface area contributed by atoms with Crippen LogP contribution in [0.15, 0.2) is 28.9 Å². The third-order valence-electron chi connectivity index (χ3n) is 2.99. The van der Waals surface area contributed by atoms with Gasteiger partial charge < -0.3 is 4.42 Å². The second kappa shape index (κ2) is 4.95. The molecule has 1 heteroatoms. The summed E-state index contributed by atoms with van der Waals surface area (Å²) in [7, 11) is 0. The van der Waals surface area contributed by atoms with Crippen LogP contribution in [0.3, 0.4) is 0 Å². The van der Waals surface area contributed by atoms with E-state index in [1.807, 2.05) is 6.26 Å². The Hall–Kier alpha value is -1.24. The number of hydrogen-bond donors (Lipinski definition) is 0. The van der Waals surface area contributed by atoms with Crippen LogP contribution in [-0.4, -0.2) is 0 Å². The predicted octanol–water partition coefficient (Wildman–Crippen LogP) is 4.83. The Kier molecular flexibility index (Phi) is 3.56. The second-order valence-corrected chi connectivity index (χ2v) is 5.79. The van der Waals surface area contributed by atoms with E-state index in [4.69, 9.17) is 4.42 Å². The van der Waals surface area contributed by atoms with Crippen LogP contribution in [0.5, 0.6) is 0 Å². The Bertz CT molecular complexity index is 491. The van der Waals surface area contributed by atoms with Crippen molar-refractivity contribution in [3.63, 3.8) is 0 Å². The van der Waals surface area contributed by atoms with Crippen LogP contribution >= 0.6 is 0 Å². The maximum atomic E-state index is 5.67. The zero-order valence-corrected chi connectivity index (χ0v) is 11.3. The molecule has 2 aromatic rings. The summed E-state index contributed by atoms with van der Waals surface area (Å²) in [4.78, 5) is 0. The molecule has 0 spiro atoms. The fourth-order valence-electron chi connectivity index (χ4n) is 2.32.